The van der Waals surface area contributed by atoms with Gasteiger partial charge >= 0.3 is 0 Å². The second-order valence-electron chi connectivity index (χ2n) is 5.27. The Bertz CT molecular complexity index is 603. The van der Waals surface area contributed by atoms with Crippen molar-refractivity contribution in [2.75, 3.05) is 13.1 Å². The maximum absolute atomic E-state index is 12.5. The number of carbonyl (C=O) groups excluding carboxylic acids is 1. The summed E-state index contributed by atoms with van der Waals surface area (Å²) < 4.78 is 22.9. The number of thiophene rings is 1. The molecule has 0 unspecified atom stereocenters. The van der Waals surface area contributed by atoms with Crippen molar-refractivity contribution in [2.24, 2.45) is 11.1 Å². The maximum Gasteiger partial charge on any atom is 0.263 e. The van der Waals surface area contributed by atoms with Crippen LogP contribution in [0.1, 0.15) is 40.7 Å². The molecule has 7 heteroatoms. The van der Waals surface area contributed by atoms with Gasteiger partial charge in [-0.2, -0.15) is 0 Å². The summed E-state index contributed by atoms with van der Waals surface area (Å²) in [6.45, 7) is 5.18. The molecule has 1 aliphatic carbocycles. The van der Waals surface area contributed by atoms with Crippen LogP contribution in [0.15, 0.2) is 11.0 Å². The van der Waals surface area contributed by atoms with Crippen molar-refractivity contribution in [3.8, 4) is 0 Å². The highest BCUT2D eigenvalue weighted by molar-refractivity contribution is 7.89. The largest absolute Gasteiger partial charge is 0.338 e. The summed E-state index contributed by atoms with van der Waals surface area (Å²) in [4.78, 5) is 15.4. The lowest BCUT2D eigenvalue weighted by atomic mass is 10.3. The first-order chi connectivity index (χ1) is 9.32. The van der Waals surface area contributed by atoms with E-state index in [4.69, 9.17) is 5.14 Å². The molecule has 5 nitrogen and oxygen atoms in total. The van der Waals surface area contributed by atoms with Crippen LogP contribution in [0.25, 0.3) is 0 Å². The van der Waals surface area contributed by atoms with Crippen LogP contribution in [0.3, 0.4) is 0 Å². The predicted molar refractivity (Wildman–Crippen MR) is 79.3 cm³/mol. The highest BCUT2D eigenvalue weighted by Gasteiger charge is 2.28. The van der Waals surface area contributed by atoms with Gasteiger partial charge in [0.25, 0.3) is 5.91 Å². The average Bonchev–Trinajstić information content (AvgIpc) is 3.07. The van der Waals surface area contributed by atoms with Crippen LogP contribution >= 0.6 is 11.3 Å². The molecule has 0 atom stereocenters. The van der Waals surface area contributed by atoms with Gasteiger partial charge in [0.15, 0.2) is 0 Å². The summed E-state index contributed by atoms with van der Waals surface area (Å²) in [5, 5.41) is 5.15. The normalized spacial score (nSPS) is 15.3. The number of primary sulfonamides is 1. The number of amides is 1. The Balaban J connectivity index is 2.22. The molecule has 1 aliphatic rings. The molecule has 0 saturated heterocycles. The Morgan fingerprint density at radius 1 is 1.50 bits per heavy atom. The monoisotopic (exact) mass is 316 g/mol. The summed E-state index contributed by atoms with van der Waals surface area (Å²) in [6.07, 6.45) is 3.25. The van der Waals surface area contributed by atoms with Gasteiger partial charge in [-0.3, -0.25) is 4.79 Å². The number of rotatable bonds is 6. The van der Waals surface area contributed by atoms with E-state index < -0.39 is 10.0 Å². The van der Waals surface area contributed by atoms with E-state index in [1.54, 1.807) is 6.92 Å². The maximum atomic E-state index is 12.5. The fourth-order valence-corrected chi connectivity index (χ4v) is 4.28. The van der Waals surface area contributed by atoms with Crippen molar-refractivity contribution in [3.05, 3.63) is 15.8 Å². The summed E-state index contributed by atoms with van der Waals surface area (Å²) in [5.74, 6) is 0.533. The third kappa shape index (κ3) is 3.59. The summed E-state index contributed by atoms with van der Waals surface area (Å²) >= 11 is 1.20. The van der Waals surface area contributed by atoms with Crippen LogP contribution < -0.4 is 5.14 Å². The Kier molecular flexibility index (Phi) is 4.51. The highest BCUT2D eigenvalue weighted by atomic mass is 32.2. The zero-order chi connectivity index (χ0) is 14.9. The molecule has 1 amide bonds. The van der Waals surface area contributed by atoms with Gasteiger partial charge < -0.3 is 4.90 Å². The zero-order valence-corrected chi connectivity index (χ0v) is 13.4. The molecule has 20 heavy (non-hydrogen) atoms. The third-order valence-corrected chi connectivity index (χ3v) is 5.55. The molecule has 1 aromatic heterocycles. The van der Waals surface area contributed by atoms with E-state index in [0.717, 1.165) is 13.0 Å². The van der Waals surface area contributed by atoms with E-state index >= 15 is 0 Å². The van der Waals surface area contributed by atoms with Gasteiger partial charge in [0.2, 0.25) is 10.0 Å². The number of aryl methyl sites for hydroxylation is 1. The molecule has 1 heterocycles. The first-order valence-corrected chi connectivity index (χ1v) is 9.11. The first kappa shape index (κ1) is 15.5. The van der Waals surface area contributed by atoms with Crippen LogP contribution in [0, 0.1) is 12.8 Å². The lowest BCUT2D eigenvalue weighted by molar-refractivity contribution is 0.0752. The molecule has 0 aliphatic heterocycles. The van der Waals surface area contributed by atoms with E-state index in [2.05, 4.69) is 0 Å². The van der Waals surface area contributed by atoms with E-state index in [0.29, 0.717) is 22.2 Å². The van der Waals surface area contributed by atoms with Crippen LogP contribution in [0.2, 0.25) is 0 Å². The zero-order valence-electron chi connectivity index (χ0n) is 11.8. The van der Waals surface area contributed by atoms with Gasteiger partial charge in [-0.15, -0.1) is 11.3 Å². The summed E-state index contributed by atoms with van der Waals surface area (Å²) in [7, 11) is -3.76. The van der Waals surface area contributed by atoms with E-state index in [1.807, 2.05) is 11.8 Å². The molecule has 1 aromatic rings. The number of nitrogens with zero attached hydrogens (tertiary/aromatic N) is 1. The smallest absolute Gasteiger partial charge is 0.263 e. The summed E-state index contributed by atoms with van der Waals surface area (Å²) in [6, 6.07) is 1.41. The lowest BCUT2D eigenvalue weighted by Gasteiger charge is -2.21. The standard InChI is InChI=1S/C13H20N2O3S2/c1-3-6-15(8-10-4-5-10)13(16)11-7-12(9(2)19-11)20(14,17)18/h7,10H,3-6,8H2,1-2H3,(H2,14,17,18). The Morgan fingerprint density at radius 2 is 2.15 bits per heavy atom. The minimum atomic E-state index is -3.76. The molecular formula is C13H20N2O3S2. The molecule has 1 saturated carbocycles. The quantitative estimate of drug-likeness (QED) is 0.871. The fourth-order valence-electron chi connectivity index (χ4n) is 2.17. The van der Waals surface area contributed by atoms with Crippen LogP contribution in [-0.4, -0.2) is 32.3 Å². The van der Waals surface area contributed by atoms with Crippen LogP contribution in [0.4, 0.5) is 0 Å². The van der Waals surface area contributed by atoms with Gasteiger partial charge in [-0.25, -0.2) is 13.6 Å². The van der Waals surface area contributed by atoms with Crippen molar-refractivity contribution in [3.63, 3.8) is 0 Å². The number of nitrogens with two attached hydrogens (primary N) is 1. The Morgan fingerprint density at radius 3 is 2.60 bits per heavy atom. The molecule has 112 valence electrons. The van der Waals surface area contributed by atoms with Gasteiger partial charge in [0.05, 0.1) is 9.77 Å². The van der Waals surface area contributed by atoms with Gasteiger partial charge in [0.1, 0.15) is 0 Å². The average molecular weight is 316 g/mol. The van der Waals surface area contributed by atoms with Crippen molar-refractivity contribution in [1.82, 2.24) is 4.90 Å². The SMILES string of the molecule is CCCN(CC1CC1)C(=O)c1cc(S(N)(=O)=O)c(C)s1. The predicted octanol–water partition coefficient (Wildman–Crippen LogP) is 1.97. The first-order valence-electron chi connectivity index (χ1n) is 6.75. The highest BCUT2D eigenvalue weighted by Crippen LogP contribution is 2.31. The number of hydrogen-bond donors (Lipinski definition) is 1. The number of carbonyl (C=O) groups is 1. The molecule has 0 bridgehead atoms. The number of sulfonamides is 1. The van der Waals surface area contributed by atoms with Gasteiger partial charge in [0, 0.05) is 18.0 Å². The molecular weight excluding hydrogens is 296 g/mol. The minimum Gasteiger partial charge on any atom is -0.338 e. The number of hydrogen-bond acceptors (Lipinski definition) is 4. The molecule has 0 radical (unpaired) electrons. The van der Waals surface area contributed by atoms with Crippen LogP contribution in [0.5, 0.6) is 0 Å². The summed E-state index contributed by atoms with van der Waals surface area (Å²) in [5.41, 5.74) is 0. The Hall–Kier alpha value is -0.920. The van der Waals surface area contributed by atoms with E-state index in [1.165, 1.54) is 30.2 Å². The van der Waals surface area contributed by atoms with Crippen molar-refractivity contribution in [2.45, 2.75) is 38.0 Å². The third-order valence-electron chi connectivity index (χ3n) is 3.35. The lowest BCUT2D eigenvalue weighted by Crippen LogP contribution is -2.33. The molecule has 2 N–H and O–H groups in total. The molecule has 0 spiro atoms. The van der Waals surface area contributed by atoms with Crippen LogP contribution in [-0.2, 0) is 10.0 Å². The molecule has 1 fully saturated rings. The second-order valence-corrected chi connectivity index (χ2v) is 8.06. The van der Waals surface area contributed by atoms with E-state index in [-0.39, 0.29) is 10.8 Å². The molecule has 0 aromatic carbocycles. The van der Waals surface area contributed by atoms with Crippen molar-refractivity contribution < 1.29 is 13.2 Å². The topological polar surface area (TPSA) is 80.5 Å². The Labute approximate surface area is 123 Å². The molecule has 2 rings (SSSR count). The second kappa shape index (κ2) is 5.83. The van der Waals surface area contributed by atoms with Crippen molar-refractivity contribution in [1.29, 1.82) is 0 Å². The van der Waals surface area contributed by atoms with Gasteiger partial charge in [-0.05, 0) is 38.2 Å². The van der Waals surface area contributed by atoms with E-state index in [9.17, 15) is 13.2 Å². The van der Waals surface area contributed by atoms with Crippen molar-refractivity contribution >= 4 is 27.3 Å². The van der Waals surface area contributed by atoms with Gasteiger partial charge in [-0.1, -0.05) is 6.92 Å². The fraction of sp³-hybridized carbons (Fsp3) is 0.615. The minimum absolute atomic E-state index is 0.0636.